The molecule has 2 saturated heterocycles. The summed E-state index contributed by atoms with van der Waals surface area (Å²) in [6, 6.07) is 17.8. The van der Waals surface area contributed by atoms with Crippen molar-refractivity contribution in [3.05, 3.63) is 133 Å². The molecule has 1 saturated carbocycles. The lowest BCUT2D eigenvalue weighted by atomic mass is 9.88. The lowest BCUT2D eigenvalue weighted by molar-refractivity contribution is -0.134. The third-order valence-electron chi connectivity index (χ3n) is 14.9. The van der Waals surface area contributed by atoms with Crippen LogP contribution in [0.5, 0.6) is 0 Å². The normalized spacial score (nSPS) is 21.1. The Morgan fingerprint density at radius 2 is 1.14 bits per heavy atom. The number of fused-ring (bicyclic) bond motifs is 2. The van der Waals surface area contributed by atoms with Crippen molar-refractivity contribution in [3.63, 3.8) is 0 Å². The Labute approximate surface area is 443 Å². The average molecular weight is 1060 g/mol. The molecule has 77 heavy (non-hydrogen) atoms. The quantitative estimate of drug-likeness (QED) is 0.0930. The zero-order valence-corrected chi connectivity index (χ0v) is 43.4. The number of aliphatic hydroxyl groups excluding tert-OH is 2. The van der Waals surface area contributed by atoms with Gasteiger partial charge in [0.25, 0.3) is 0 Å². The summed E-state index contributed by atoms with van der Waals surface area (Å²) in [5, 5.41) is 54.0. The smallest absolute Gasteiger partial charge is 0.145 e. The van der Waals surface area contributed by atoms with Crippen LogP contribution < -0.4 is 9.80 Å². The molecule has 8 aromatic rings. The highest BCUT2D eigenvalue weighted by Gasteiger charge is 2.43. The molecule has 0 bridgehead atoms. The zero-order chi connectivity index (χ0) is 54.0. The first kappa shape index (κ1) is 53.1. The predicted octanol–water partition coefficient (Wildman–Crippen LogP) is 4.48. The Balaban J connectivity index is 0.000000175. The van der Waals surface area contributed by atoms with Crippen LogP contribution in [-0.2, 0) is 35.8 Å². The van der Waals surface area contributed by atoms with Crippen molar-refractivity contribution in [2.24, 2.45) is 0 Å². The minimum Gasteiger partial charge on any atom is -0.389 e. The molecule has 2 aliphatic heterocycles. The number of piperidine rings is 2. The number of hydrogen-bond donors (Lipinski definition) is 4. The van der Waals surface area contributed by atoms with Gasteiger partial charge in [0.1, 0.15) is 70.0 Å². The summed E-state index contributed by atoms with van der Waals surface area (Å²) in [4.78, 5) is 48.8. The van der Waals surface area contributed by atoms with Gasteiger partial charge in [-0.05, 0) is 95.0 Å². The van der Waals surface area contributed by atoms with E-state index in [9.17, 15) is 30.0 Å². The molecule has 20 nitrogen and oxygen atoms in total. The van der Waals surface area contributed by atoms with Crippen LogP contribution in [0.4, 0.5) is 20.4 Å². The fourth-order valence-corrected chi connectivity index (χ4v) is 10.6. The lowest BCUT2D eigenvalue weighted by Gasteiger charge is -2.42. The molecule has 4 unspecified atom stereocenters. The number of aliphatic hydroxyl groups is 4. The van der Waals surface area contributed by atoms with Crippen LogP contribution in [0.15, 0.2) is 110 Å². The molecule has 4 N–H and O–H groups in total. The van der Waals surface area contributed by atoms with Gasteiger partial charge in [0.15, 0.2) is 0 Å². The molecule has 404 valence electrons. The van der Waals surface area contributed by atoms with Gasteiger partial charge in [-0.3, -0.25) is 19.4 Å². The molecule has 3 aliphatic rings. The molecular formula is C55H64F2N14O6. The second kappa shape index (κ2) is 22.3. The van der Waals surface area contributed by atoms with Gasteiger partial charge in [0.05, 0.1) is 60.5 Å². The first-order valence-corrected chi connectivity index (χ1v) is 26.0. The van der Waals surface area contributed by atoms with E-state index in [0.717, 1.165) is 29.4 Å². The third-order valence-corrected chi connectivity index (χ3v) is 14.9. The third kappa shape index (κ3) is 11.7. The molecule has 3 fully saturated rings. The number of Topliss-reactive ketones (excluding diaryl/α,β-unsaturated/α-hetero) is 2. The Morgan fingerprint density at radius 3 is 1.57 bits per heavy atom. The van der Waals surface area contributed by atoms with E-state index in [0.29, 0.717) is 85.2 Å². The Kier molecular flexibility index (Phi) is 15.4. The van der Waals surface area contributed by atoms with E-state index < -0.39 is 23.4 Å². The van der Waals surface area contributed by atoms with Crippen molar-refractivity contribution in [1.29, 1.82) is 0 Å². The van der Waals surface area contributed by atoms with Gasteiger partial charge in [-0.1, -0.05) is 12.1 Å². The average Bonchev–Trinajstić information content (AvgIpc) is 3.84. The van der Waals surface area contributed by atoms with Crippen LogP contribution in [-0.4, -0.2) is 166 Å². The summed E-state index contributed by atoms with van der Waals surface area (Å²) in [7, 11) is 0. The Bertz CT molecular complexity index is 3350. The molecule has 6 aromatic heterocycles. The fourth-order valence-electron chi connectivity index (χ4n) is 10.6. The van der Waals surface area contributed by atoms with Crippen molar-refractivity contribution in [2.75, 3.05) is 55.6 Å². The van der Waals surface area contributed by atoms with Crippen molar-refractivity contribution in [2.45, 2.75) is 102 Å². The molecule has 4 atom stereocenters. The number of anilines is 2. The van der Waals surface area contributed by atoms with E-state index in [1.54, 1.807) is 58.4 Å². The summed E-state index contributed by atoms with van der Waals surface area (Å²) in [6.45, 7) is 8.61. The first-order valence-electron chi connectivity index (χ1n) is 26.0. The van der Waals surface area contributed by atoms with Gasteiger partial charge in [0, 0.05) is 100 Å². The molecule has 2 aromatic carbocycles. The van der Waals surface area contributed by atoms with Crippen molar-refractivity contribution >= 4 is 45.3 Å². The number of aromatic nitrogens is 10. The minimum absolute atomic E-state index is 0.0254. The molecule has 22 heteroatoms. The number of benzene rings is 2. The number of halogens is 2. The van der Waals surface area contributed by atoms with E-state index in [-0.39, 0.29) is 68.5 Å². The van der Waals surface area contributed by atoms with Crippen molar-refractivity contribution < 1.29 is 38.8 Å². The van der Waals surface area contributed by atoms with Crippen LogP contribution in [0, 0.1) is 11.6 Å². The summed E-state index contributed by atoms with van der Waals surface area (Å²) < 4.78 is 37.1. The molecule has 11 rings (SSSR count). The fraction of sp³-hybridized carbons (Fsp3) is 0.418. The van der Waals surface area contributed by atoms with Gasteiger partial charge < -0.3 is 39.4 Å². The van der Waals surface area contributed by atoms with Gasteiger partial charge in [0.2, 0.25) is 0 Å². The van der Waals surface area contributed by atoms with Gasteiger partial charge in [-0.25, -0.2) is 38.1 Å². The molecule has 8 heterocycles. The largest absolute Gasteiger partial charge is 0.389 e. The summed E-state index contributed by atoms with van der Waals surface area (Å²) in [5.41, 5.74) is 0.971. The monoisotopic (exact) mass is 1050 g/mol. The SMILES string of the molecule is CC(=O)CN1CCC(O)(Cn2ccc3c(N(Cc4ccc(-n5cccn5)cc4F)C4CC4)ncnc32)C(O)C1.CCN(Cc1ccc(-n2cccn2)cc1F)c1ncnc2c1ccn2CC1(O)CCN(CC(C)=O)CC1O. The molecule has 1 aliphatic carbocycles. The summed E-state index contributed by atoms with van der Waals surface area (Å²) in [6.07, 6.45) is 14.1. The van der Waals surface area contributed by atoms with Gasteiger partial charge in [-0.15, -0.1) is 0 Å². The Morgan fingerprint density at radius 1 is 0.662 bits per heavy atom. The Hall–Kier alpha value is -7.34. The molecule has 0 amide bonds. The number of nitrogens with zero attached hydrogens (tertiary/aromatic N) is 14. The number of β-amino-alcohol motifs (C(OH)–C–C–N with tert-alkyl or cyclic N) is 2. The highest BCUT2D eigenvalue weighted by atomic mass is 19.1. The highest BCUT2D eigenvalue weighted by Crippen LogP contribution is 2.37. The molecule has 0 radical (unpaired) electrons. The van der Waals surface area contributed by atoms with E-state index in [4.69, 9.17) is 0 Å². The minimum atomic E-state index is -1.35. The lowest BCUT2D eigenvalue weighted by Crippen LogP contribution is -2.58. The van der Waals surface area contributed by atoms with Crippen LogP contribution in [0.25, 0.3) is 33.4 Å². The number of carbonyl (C=O) groups is 2. The number of carbonyl (C=O) groups excluding carboxylic acids is 2. The van der Waals surface area contributed by atoms with Crippen LogP contribution >= 0.6 is 0 Å². The number of rotatable bonds is 18. The maximum Gasteiger partial charge on any atom is 0.145 e. The maximum atomic E-state index is 15.2. The second-order valence-corrected chi connectivity index (χ2v) is 20.7. The molecular weight excluding hydrogens is 991 g/mol. The van der Waals surface area contributed by atoms with E-state index in [1.807, 2.05) is 67.4 Å². The highest BCUT2D eigenvalue weighted by molar-refractivity contribution is 5.89. The van der Waals surface area contributed by atoms with E-state index in [2.05, 4.69) is 35.0 Å². The van der Waals surface area contributed by atoms with Gasteiger partial charge in [-0.2, -0.15) is 10.2 Å². The van der Waals surface area contributed by atoms with Crippen molar-refractivity contribution in [3.8, 4) is 11.4 Å². The van der Waals surface area contributed by atoms with E-state index in [1.165, 1.54) is 38.6 Å². The number of likely N-dealkylation sites (tertiary alicyclic amines) is 2. The van der Waals surface area contributed by atoms with E-state index >= 15 is 8.78 Å². The standard InChI is InChI=1S/C28H32FN7O3.C27H32FN7O3/c1-19(37)14-33-12-8-28(39,25(38)16-33)17-34-11-7-23-26(34)30-18-31-27(23)35(21-5-6-21)15-20-3-4-22(13-24(20)29)36-10-2-9-32-36;1-3-33(15-20-5-6-21(13-23(20)28)35-10-4-9-31-35)25-22-7-11-34(26(22)30-18-29-25)17-27(38)8-12-32(14-19(2)36)16-24(27)37/h2-4,7,9-11,13,18,21,25,38-39H,5-6,8,12,14-17H2,1H3;4-7,9-11,13,18,24,37-38H,3,8,12,14-17H2,1-2H3. The second-order valence-electron chi connectivity index (χ2n) is 20.7. The summed E-state index contributed by atoms with van der Waals surface area (Å²) >= 11 is 0. The van der Waals surface area contributed by atoms with Crippen LogP contribution in [0.2, 0.25) is 0 Å². The summed E-state index contributed by atoms with van der Waals surface area (Å²) in [5.74, 6) is 0.812. The number of ketones is 2. The van der Waals surface area contributed by atoms with Crippen LogP contribution in [0.3, 0.4) is 0 Å². The van der Waals surface area contributed by atoms with Gasteiger partial charge >= 0.3 is 0 Å². The maximum absolute atomic E-state index is 15.2. The van der Waals surface area contributed by atoms with Crippen molar-refractivity contribution in [1.82, 2.24) is 58.4 Å². The predicted molar refractivity (Wildman–Crippen MR) is 283 cm³/mol. The van der Waals surface area contributed by atoms with Crippen LogP contribution in [0.1, 0.15) is 57.6 Å². The first-order chi connectivity index (χ1) is 37.1. The number of hydrogen-bond acceptors (Lipinski definition) is 16. The topological polar surface area (TPSA) is 225 Å². The zero-order valence-electron chi connectivity index (χ0n) is 43.4. The molecule has 0 spiro atoms.